The van der Waals surface area contributed by atoms with Crippen LogP contribution >= 0.6 is 24.0 Å². The Kier molecular flexibility index (Phi) is 10.7. The van der Waals surface area contributed by atoms with Crippen molar-refractivity contribution >= 4 is 35.8 Å². The number of benzene rings is 1. The summed E-state index contributed by atoms with van der Waals surface area (Å²) in [6.45, 7) is 14.3. The fourth-order valence-corrected chi connectivity index (χ4v) is 4.07. The maximum Gasteiger partial charge on any atom is 0.225 e. The number of guanidine groups is 1. The summed E-state index contributed by atoms with van der Waals surface area (Å²) < 4.78 is 6.16. The molecular weight excluding hydrogens is 529 g/mol. The van der Waals surface area contributed by atoms with Gasteiger partial charge in [0.05, 0.1) is 0 Å². The summed E-state index contributed by atoms with van der Waals surface area (Å²) in [7, 11) is 1.79. The minimum absolute atomic E-state index is 0. The van der Waals surface area contributed by atoms with E-state index in [4.69, 9.17) is 4.74 Å². The molecule has 1 amide bonds. The zero-order chi connectivity index (χ0) is 23.1. The normalized spacial score (nSPS) is 17.7. The van der Waals surface area contributed by atoms with Gasteiger partial charge in [0.2, 0.25) is 5.91 Å². The molecule has 1 heterocycles. The molecule has 2 aliphatic rings. The highest BCUT2D eigenvalue weighted by Gasteiger charge is 2.31. The van der Waals surface area contributed by atoms with Crippen molar-refractivity contribution in [3.05, 3.63) is 29.3 Å². The topological polar surface area (TPSA) is 69.2 Å². The van der Waals surface area contributed by atoms with Gasteiger partial charge in [0.25, 0.3) is 0 Å². The Morgan fingerprint density at radius 3 is 2.42 bits per heavy atom. The highest BCUT2D eigenvalue weighted by Crippen LogP contribution is 2.28. The molecule has 1 saturated heterocycles. The molecule has 33 heavy (non-hydrogen) atoms. The molecule has 186 valence electrons. The van der Waals surface area contributed by atoms with Crippen molar-refractivity contribution in [3.8, 4) is 5.75 Å². The molecule has 2 N–H and O–H groups in total. The third-order valence-electron chi connectivity index (χ3n) is 6.17. The number of piperazine rings is 1. The summed E-state index contributed by atoms with van der Waals surface area (Å²) in [4.78, 5) is 21.2. The van der Waals surface area contributed by atoms with Crippen molar-refractivity contribution in [2.24, 2.45) is 10.9 Å². The second-order valence-corrected chi connectivity index (χ2v) is 9.97. The number of aryl methyl sites for hydroxylation is 1. The Bertz CT molecular complexity index is 796. The first-order valence-corrected chi connectivity index (χ1v) is 12.0. The molecule has 0 radical (unpaired) electrons. The van der Waals surface area contributed by atoms with Crippen LogP contribution in [0.15, 0.2) is 23.2 Å². The number of aliphatic imine (C=N–C) groups is 1. The van der Waals surface area contributed by atoms with Crippen molar-refractivity contribution < 1.29 is 9.53 Å². The smallest absolute Gasteiger partial charge is 0.225 e. The quantitative estimate of drug-likeness (QED) is 0.299. The molecule has 0 unspecified atom stereocenters. The Morgan fingerprint density at radius 2 is 1.85 bits per heavy atom. The highest BCUT2D eigenvalue weighted by molar-refractivity contribution is 14.0. The first-order chi connectivity index (χ1) is 15.2. The van der Waals surface area contributed by atoms with Crippen LogP contribution in [0.2, 0.25) is 0 Å². The zero-order valence-electron chi connectivity index (χ0n) is 20.9. The van der Waals surface area contributed by atoms with Crippen molar-refractivity contribution in [3.63, 3.8) is 0 Å². The number of amides is 1. The van der Waals surface area contributed by atoms with E-state index in [1.165, 1.54) is 12.0 Å². The van der Waals surface area contributed by atoms with Crippen molar-refractivity contribution in [1.29, 1.82) is 0 Å². The van der Waals surface area contributed by atoms with Gasteiger partial charge in [-0.05, 0) is 52.2 Å². The van der Waals surface area contributed by atoms with Gasteiger partial charge in [-0.3, -0.25) is 14.7 Å². The molecule has 7 nitrogen and oxygen atoms in total. The monoisotopic (exact) mass is 571 g/mol. The number of hydrogen-bond acceptors (Lipinski definition) is 4. The summed E-state index contributed by atoms with van der Waals surface area (Å²) >= 11 is 0. The Balaban J connectivity index is 0.00000385. The van der Waals surface area contributed by atoms with Gasteiger partial charge in [-0.25, -0.2) is 0 Å². The molecule has 1 aromatic rings. The zero-order valence-corrected chi connectivity index (χ0v) is 23.3. The van der Waals surface area contributed by atoms with Gasteiger partial charge in [0.1, 0.15) is 11.4 Å². The predicted molar refractivity (Wildman–Crippen MR) is 146 cm³/mol. The summed E-state index contributed by atoms with van der Waals surface area (Å²) in [6, 6.07) is 6.31. The lowest BCUT2D eigenvalue weighted by Gasteiger charge is -2.38. The second kappa shape index (κ2) is 12.8. The fraction of sp³-hybridized carbons (Fsp3) is 0.680. The van der Waals surface area contributed by atoms with E-state index in [9.17, 15) is 4.79 Å². The van der Waals surface area contributed by atoms with E-state index < -0.39 is 0 Å². The average molecular weight is 572 g/mol. The molecule has 1 aromatic carbocycles. The summed E-state index contributed by atoms with van der Waals surface area (Å²) in [5.41, 5.74) is 2.06. The molecule has 8 heteroatoms. The van der Waals surface area contributed by atoms with Gasteiger partial charge in [-0.2, -0.15) is 0 Å². The number of carbonyl (C=O) groups excluding carboxylic acids is 1. The van der Waals surface area contributed by atoms with E-state index in [2.05, 4.69) is 71.3 Å². The minimum Gasteiger partial charge on any atom is -0.488 e. The standard InChI is InChI=1S/C25H41N5O2.HI/c1-19-9-10-21(22(17-19)32-25(2,3)4)18-28-24(26-5)27-11-12-29-13-15-30(16-14-29)23(31)20-7-6-8-20;/h9-10,17,20H,6-8,11-16,18H2,1-5H3,(H2,26,27,28);1H. The van der Waals surface area contributed by atoms with Crippen molar-refractivity contribution in [1.82, 2.24) is 20.4 Å². The van der Waals surface area contributed by atoms with Gasteiger partial charge in [0.15, 0.2) is 5.96 Å². The lowest BCUT2D eigenvalue weighted by Crippen LogP contribution is -2.52. The van der Waals surface area contributed by atoms with Crippen LogP contribution in [-0.2, 0) is 11.3 Å². The second-order valence-electron chi connectivity index (χ2n) is 9.97. The summed E-state index contributed by atoms with van der Waals surface area (Å²) in [5.74, 6) is 2.38. The van der Waals surface area contributed by atoms with Gasteiger partial charge in [-0.1, -0.05) is 18.6 Å². The van der Waals surface area contributed by atoms with Crippen LogP contribution in [0.25, 0.3) is 0 Å². The van der Waals surface area contributed by atoms with Gasteiger partial charge < -0.3 is 20.3 Å². The van der Waals surface area contributed by atoms with E-state index in [1.807, 2.05) is 0 Å². The molecule has 3 rings (SSSR count). The maximum absolute atomic E-state index is 12.4. The highest BCUT2D eigenvalue weighted by atomic mass is 127. The third-order valence-corrected chi connectivity index (χ3v) is 6.17. The van der Waals surface area contributed by atoms with E-state index in [0.717, 1.165) is 69.4 Å². The van der Waals surface area contributed by atoms with E-state index >= 15 is 0 Å². The number of hydrogen-bond donors (Lipinski definition) is 2. The first kappa shape index (κ1) is 27.7. The van der Waals surface area contributed by atoms with E-state index in [1.54, 1.807) is 7.05 Å². The largest absolute Gasteiger partial charge is 0.488 e. The Morgan fingerprint density at radius 1 is 1.15 bits per heavy atom. The SMILES string of the molecule is CN=C(NCCN1CCN(C(=O)C2CCC2)CC1)NCc1ccc(C)cc1OC(C)(C)C.I. The van der Waals surface area contributed by atoms with Crippen LogP contribution in [0.3, 0.4) is 0 Å². The van der Waals surface area contributed by atoms with Crippen molar-refractivity contribution in [2.45, 2.75) is 59.1 Å². The average Bonchev–Trinajstić information content (AvgIpc) is 2.69. The predicted octanol–water partition coefficient (Wildman–Crippen LogP) is 3.40. The van der Waals surface area contributed by atoms with Crippen LogP contribution in [0.4, 0.5) is 0 Å². The Labute approximate surface area is 216 Å². The van der Waals surface area contributed by atoms with Gasteiger partial charge in [-0.15, -0.1) is 24.0 Å². The molecule has 0 spiro atoms. The molecule has 0 aromatic heterocycles. The number of carbonyl (C=O) groups is 1. The first-order valence-electron chi connectivity index (χ1n) is 12.0. The summed E-state index contributed by atoms with van der Waals surface area (Å²) in [6.07, 6.45) is 3.38. The maximum atomic E-state index is 12.4. The minimum atomic E-state index is -0.241. The summed E-state index contributed by atoms with van der Waals surface area (Å²) in [5, 5.41) is 6.82. The molecule has 0 atom stereocenters. The molecule has 0 bridgehead atoms. The molecule has 1 aliphatic carbocycles. The van der Waals surface area contributed by atoms with Crippen LogP contribution in [0, 0.1) is 12.8 Å². The lowest BCUT2D eigenvalue weighted by atomic mass is 9.84. The van der Waals surface area contributed by atoms with Crippen molar-refractivity contribution in [2.75, 3.05) is 46.3 Å². The van der Waals surface area contributed by atoms with Gasteiger partial charge >= 0.3 is 0 Å². The molecule has 2 fully saturated rings. The van der Waals surface area contributed by atoms with Crippen LogP contribution in [-0.4, -0.2) is 73.6 Å². The van der Waals surface area contributed by atoms with E-state index in [0.29, 0.717) is 18.4 Å². The molecule has 1 saturated carbocycles. The van der Waals surface area contributed by atoms with Gasteiger partial charge in [0, 0.05) is 64.3 Å². The number of nitrogens with one attached hydrogen (secondary N) is 2. The van der Waals surface area contributed by atoms with Crippen LogP contribution < -0.4 is 15.4 Å². The number of nitrogens with zero attached hydrogens (tertiary/aromatic N) is 3. The molecule has 1 aliphatic heterocycles. The number of halogens is 1. The third kappa shape index (κ3) is 8.63. The Hall–Kier alpha value is -1.55. The van der Waals surface area contributed by atoms with E-state index in [-0.39, 0.29) is 29.6 Å². The van der Waals surface area contributed by atoms with Crippen LogP contribution in [0.1, 0.15) is 51.2 Å². The fourth-order valence-electron chi connectivity index (χ4n) is 4.07. The molecular formula is C25H42IN5O2. The number of rotatable bonds is 7. The number of ether oxygens (including phenoxy) is 1. The lowest BCUT2D eigenvalue weighted by molar-refractivity contribution is -0.139. The van der Waals surface area contributed by atoms with Crippen LogP contribution in [0.5, 0.6) is 5.75 Å².